The number of carbonyl (C=O) groups is 1. The highest BCUT2D eigenvalue weighted by molar-refractivity contribution is 9.10. The molecule has 28 heavy (non-hydrogen) atoms. The molecule has 0 N–H and O–H groups in total. The molecule has 0 radical (unpaired) electrons. The van der Waals surface area contributed by atoms with Gasteiger partial charge in [0.1, 0.15) is 0 Å². The van der Waals surface area contributed by atoms with Gasteiger partial charge in [-0.15, -0.1) is 0 Å². The van der Waals surface area contributed by atoms with Gasteiger partial charge in [0, 0.05) is 61.0 Å². The van der Waals surface area contributed by atoms with E-state index in [1.165, 1.54) is 17.7 Å². The summed E-state index contributed by atoms with van der Waals surface area (Å²) in [4.78, 5) is 20.1. The van der Waals surface area contributed by atoms with Crippen molar-refractivity contribution < 1.29 is 4.79 Å². The van der Waals surface area contributed by atoms with Gasteiger partial charge in [-0.1, -0.05) is 40.2 Å². The van der Waals surface area contributed by atoms with Crippen LogP contribution in [0.15, 0.2) is 53.0 Å². The molecule has 2 aromatic carbocycles. The molecule has 1 unspecified atom stereocenters. The third kappa shape index (κ3) is 4.26. The van der Waals surface area contributed by atoms with Crippen LogP contribution in [0.5, 0.6) is 0 Å². The Bertz CT molecular complexity index is 832. The van der Waals surface area contributed by atoms with E-state index < -0.39 is 0 Å². The van der Waals surface area contributed by atoms with Crippen LogP contribution in [0.1, 0.15) is 28.8 Å². The zero-order valence-electron chi connectivity index (χ0n) is 16.5. The van der Waals surface area contributed by atoms with Gasteiger partial charge in [0.25, 0.3) is 5.91 Å². The van der Waals surface area contributed by atoms with Gasteiger partial charge in [-0.05, 0) is 49.6 Å². The molecule has 2 saturated heterocycles. The Labute approximate surface area is 176 Å². The van der Waals surface area contributed by atoms with Gasteiger partial charge in [0.05, 0.1) is 0 Å². The lowest BCUT2D eigenvalue weighted by Crippen LogP contribution is -2.56. The van der Waals surface area contributed by atoms with Crippen molar-refractivity contribution in [2.45, 2.75) is 25.8 Å². The highest BCUT2D eigenvalue weighted by Gasteiger charge is 2.30. The standard InChI is InChI=1S/C23H28BrN3O/c1-18-6-2-3-10-22(18)26-14-12-25(13-15-26)21-9-5-11-27(17-21)23(28)19-7-4-8-20(24)16-19/h2-4,6-8,10,16,21H,5,9,11-15,17H2,1H3. The van der Waals surface area contributed by atoms with Crippen molar-refractivity contribution >= 4 is 27.5 Å². The molecular formula is C23H28BrN3O. The first-order valence-corrected chi connectivity index (χ1v) is 11.0. The van der Waals surface area contributed by atoms with Crippen molar-refractivity contribution in [2.24, 2.45) is 0 Å². The fraction of sp³-hybridized carbons (Fsp3) is 0.435. The lowest BCUT2D eigenvalue weighted by molar-refractivity contribution is 0.0563. The number of anilines is 1. The summed E-state index contributed by atoms with van der Waals surface area (Å²) in [5.41, 5.74) is 3.48. The number of piperazine rings is 1. The minimum Gasteiger partial charge on any atom is -0.369 e. The number of piperidine rings is 1. The summed E-state index contributed by atoms with van der Waals surface area (Å²) in [5, 5.41) is 0. The quantitative estimate of drug-likeness (QED) is 0.714. The molecular weight excluding hydrogens is 414 g/mol. The predicted octanol–water partition coefficient (Wildman–Crippen LogP) is 4.18. The average molecular weight is 442 g/mol. The van der Waals surface area contributed by atoms with Crippen molar-refractivity contribution in [3.05, 3.63) is 64.1 Å². The lowest BCUT2D eigenvalue weighted by Gasteiger charge is -2.44. The minimum atomic E-state index is 0.157. The van der Waals surface area contributed by atoms with E-state index in [4.69, 9.17) is 0 Å². The zero-order chi connectivity index (χ0) is 19.5. The first-order valence-electron chi connectivity index (χ1n) is 10.2. The number of amides is 1. The molecule has 1 atom stereocenters. The fourth-order valence-electron chi connectivity index (χ4n) is 4.49. The second kappa shape index (κ2) is 8.66. The summed E-state index contributed by atoms with van der Waals surface area (Å²) in [6.07, 6.45) is 2.27. The summed E-state index contributed by atoms with van der Waals surface area (Å²) < 4.78 is 0.958. The molecule has 2 heterocycles. The summed E-state index contributed by atoms with van der Waals surface area (Å²) >= 11 is 3.48. The summed E-state index contributed by atoms with van der Waals surface area (Å²) in [7, 11) is 0. The van der Waals surface area contributed by atoms with E-state index in [-0.39, 0.29) is 5.91 Å². The fourth-order valence-corrected chi connectivity index (χ4v) is 4.89. The molecule has 4 rings (SSSR count). The van der Waals surface area contributed by atoms with Gasteiger partial charge in [0.15, 0.2) is 0 Å². The molecule has 4 nitrogen and oxygen atoms in total. The first-order chi connectivity index (χ1) is 13.6. The summed E-state index contributed by atoms with van der Waals surface area (Å²) in [6.45, 7) is 8.15. The maximum absolute atomic E-state index is 12.9. The summed E-state index contributed by atoms with van der Waals surface area (Å²) in [5.74, 6) is 0.157. The molecule has 2 aliphatic rings. The Morgan fingerprint density at radius 3 is 2.54 bits per heavy atom. The van der Waals surface area contributed by atoms with Crippen molar-refractivity contribution in [2.75, 3.05) is 44.2 Å². The van der Waals surface area contributed by atoms with Crippen LogP contribution in [-0.4, -0.2) is 61.0 Å². The number of para-hydroxylation sites is 1. The molecule has 1 amide bonds. The highest BCUT2D eigenvalue weighted by atomic mass is 79.9. The monoisotopic (exact) mass is 441 g/mol. The van der Waals surface area contributed by atoms with Crippen molar-refractivity contribution in [1.29, 1.82) is 0 Å². The van der Waals surface area contributed by atoms with E-state index in [9.17, 15) is 4.79 Å². The first kappa shape index (κ1) is 19.5. The maximum atomic E-state index is 12.9. The van der Waals surface area contributed by atoms with E-state index in [0.717, 1.165) is 55.7 Å². The van der Waals surface area contributed by atoms with Crippen molar-refractivity contribution in [3.8, 4) is 0 Å². The minimum absolute atomic E-state index is 0.157. The number of halogens is 1. The Morgan fingerprint density at radius 2 is 1.79 bits per heavy atom. The number of benzene rings is 2. The number of rotatable bonds is 3. The molecule has 0 aromatic heterocycles. The number of aryl methyl sites for hydroxylation is 1. The van der Waals surface area contributed by atoms with Gasteiger partial charge in [0.2, 0.25) is 0 Å². The van der Waals surface area contributed by atoms with E-state index in [0.29, 0.717) is 6.04 Å². The number of hydrogen-bond acceptors (Lipinski definition) is 3. The molecule has 2 fully saturated rings. The van der Waals surface area contributed by atoms with Gasteiger partial charge >= 0.3 is 0 Å². The second-order valence-electron chi connectivity index (χ2n) is 7.87. The molecule has 0 spiro atoms. The normalized spacial score (nSPS) is 21.0. The Hall–Kier alpha value is -1.85. The van der Waals surface area contributed by atoms with E-state index in [1.54, 1.807) is 0 Å². The zero-order valence-corrected chi connectivity index (χ0v) is 18.1. The molecule has 0 bridgehead atoms. The van der Waals surface area contributed by atoms with Crippen LogP contribution < -0.4 is 4.90 Å². The Balaban J connectivity index is 1.37. The second-order valence-corrected chi connectivity index (χ2v) is 8.78. The molecule has 5 heteroatoms. The van der Waals surface area contributed by atoms with E-state index in [1.807, 2.05) is 29.2 Å². The van der Waals surface area contributed by atoms with E-state index >= 15 is 0 Å². The average Bonchev–Trinajstić information content (AvgIpc) is 2.74. The van der Waals surface area contributed by atoms with Crippen LogP contribution in [0.25, 0.3) is 0 Å². The number of nitrogens with zero attached hydrogens (tertiary/aromatic N) is 3. The smallest absolute Gasteiger partial charge is 0.253 e. The third-order valence-corrected chi connectivity index (χ3v) is 6.54. The third-order valence-electron chi connectivity index (χ3n) is 6.04. The molecule has 2 aromatic rings. The van der Waals surface area contributed by atoms with Crippen molar-refractivity contribution in [3.63, 3.8) is 0 Å². The van der Waals surface area contributed by atoms with Crippen LogP contribution in [0.2, 0.25) is 0 Å². The molecule has 0 saturated carbocycles. The van der Waals surface area contributed by atoms with Crippen LogP contribution in [0.3, 0.4) is 0 Å². The number of carbonyl (C=O) groups excluding carboxylic acids is 1. The topological polar surface area (TPSA) is 26.8 Å². The largest absolute Gasteiger partial charge is 0.369 e. The van der Waals surface area contributed by atoms with Gasteiger partial charge in [-0.3, -0.25) is 9.69 Å². The van der Waals surface area contributed by atoms with Gasteiger partial charge in [-0.2, -0.15) is 0 Å². The molecule has 148 valence electrons. The molecule has 0 aliphatic carbocycles. The van der Waals surface area contributed by atoms with Crippen LogP contribution in [0.4, 0.5) is 5.69 Å². The predicted molar refractivity (Wildman–Crippen MR) is 118 cm³/mol. The van der Waals surface area contributed by atoms with Crippen LogP contribution >= 0.6 is 15.9 Å². The van der Waals surface area contributed by atoms with Gasteiger partial charge < -0.3 is 9.80 Å². The summed E-state index contributed by atoms with van der Waals surface area (Å²) in [6, 6.07) is 16.9. The van der Waals surface area contributed by atoms with Crippen molar-refractivity contribution in [1.82, 2.24) is 9.80 Å². The lowest BCUT2D eigenvalue weighted by atomic mass is 10.0. The SMILES string of the molecule is Cc1ccccc1N1CCN(C2CCCN(C(=O)c3cccc(Br)c3)C2)CC1. The van der Waals surface area contributed by atoms with E-state index in [2.05, 4.69) is 56.9 Å². The van der Waals surface area contributed by atoms with Gasteiger partial charge in [-0.25, -0.2) is 0 Å². The number of hydrogen-bond donors (Lipinski definition) is 0. The van der Waals surface area contributed by atoms with Crippen LogP contribution in [0, 0.1) is 6.92 Å². The number of likely N-dealkylation sites (tertiary alicyclic amines) is 1. The highest BCUT2D eigenvalue weighted by Crippen LogP contribution is 2.24. The maximum Gasteiger partial charge on any atom is 0.253 e. The Morgan fingerprint density at radius 1 is 1.00 bits per heavy atom. The Kier molecular flexibility index (Phi) is 6.02. The van der Waals surface area contributed by atoms with Crippen LogP contribution in [-0.2, 0) is 0 Å². The molecule has 2 aliphatic heterocycles.